The fourth-order valence-corrected chi connectivity index (χ4v) is 3.49. The van der Waals surface area contributed by atoms with E-state index in [2.05, 4.69) is 10.3 Å². The number of aryl methyl sites for hydroxylation is 3. The molecule has 0 saturated heterocycles. The Kier molecular flexibility index (Phi) is 4.04. The summed E-state index contributed by atoms with van der Waals surface area (Å²) in [5, 5.41) is 4.76. The average Bonchev–Trinajstić information content (AvgIpc) is 3.02. The molecule has 0 aliphatic heterocycles. The van der Waals surface area contributed by atoms with Gasteiger partial charge in [0.2, 0.25) is 0 Å². The Morgan fingerprint density at radius 2 is 2.13 bits per heavy atom. The highest BCUT2D eigenvalue weighted by Gasteiger charge is 2.13. The van der Waals surface area contributed by atoms with Gasteiger partial charge in [-0.05, 0) is 26.8 Å². The largest absolute Gasteiger partial charge is 0.466 e. The summed E-state index contributed by atoms with van der Waals surface area (Å²) >= 11 is 1.43. The molecule has 3 rings (SSSR count). The number of aromatic nitrogens is 2. The van der Waals surface area contributed by atoms with Crippen molar-refractivity contribution in [2.75, 3.05) is 6.54 Å². The van der Waals surface area contributed by atoms with Crippen molar-refractivity contribution >= 4 is 22.2 Å². The molecule has 120 valence electrons. The number of furan rings is 1. The van der Waals surface area contributed by atoms with Crippen molar-refractivity contribution in [3.8, 4) is 0 Å². The van der Waals surface area contributed by atoms with E-state index in [0.717, 1.165) is 5.69 Å². The molecule has 0 aromatic carbocycles. The number of nitrogens with zero attached hydrogens (tertiary/aromatic N) is 2. The number of amides is 1. The lowest BCUT2D eigenvalue weighted by molar-refractivity contribution is 0.0952. The fraction of sp³-hybridized carbons (Fsp3) is 0.312. The maximum Gasteiger partial charge on any atom is 0.258 e. The molecule has 6 nitrogen and oxygen atoms in total. The van der Waals surface area contributed by atoms with Gasteiger partial charge in [0, 0.05) is 35.8 Å². The quantitative estimate of drug-likeness (QED) is 0.795. The van der Waals surface area contributed by atoms with Crippen LogP contribution in [0.25, 0.3) is 4.96 Å². The number of carbonyl (C=O) groups is 1. The van der Waals surface area contributed by atoms with E-state index in [1.165, 1.54) is 17.4 Å². The molecule has 0 radical (unpaired) electrons. The first-order chi connectivity index (χ1) is 11.0. The van der Waals surface area contributed by atoms with Crippen LogP contribution in [0.1, 0.15) is 33.3 Å². The molecule has 7 heteroatoms. The summed E-state index contributed by atoms with van der Waals surface area (Å²) in [5.41, 5.74) is 2.02. The highest BCUT2D eigenvalue weighted by Crippen LogP contribution is 2.14. The minimum absolute atomic E-state index is 0.0867. The molecule has 1 amide bonds. The van der Waals surface area contributed by atoms with Crippen molar-refractivity contribution in [3.05, 3.63) is 56.3 Å². The second-order valence-corrected chi connectivity index (χ2v) is 6.25. The average molecular weight is 331 g/mol. The summed E-state index contributed by atoms with van der Waals surface area (Å²) in [5.74, 6) is 1.15. The highest BCUT2D eigenvalue weighted by atomic mass is 32.1. The first kappa shape index (κ1) is 15.5. The van der Waals surface area contributed by atoms with Gasteiger partial charge in [-0.15, -0.1) is 11.3 Å². The summed E-state index contributed by atoms with van der Waals surface area (Å²) in [6, 6.07) is 3.24. The molecule has 0 spiro atoms. The van der Waals surface area contributed by atoms with Crippen molar-refractivity contribution < 1.29 is 9.21 Å². The summed E-state index contributed by atoms with van der Waals surface area (Å²) in [4.78, 5) is 29.2. The molecule has 0 saturated carbocycles. The second-order valence-electron chi connectivity index (χ2n) is 5.41. The van der Waals surface area contributed by atoms with Crippen LogP contribution in [0.2, 0.25) is 0 Å². The van der Waals surface area contributed by atoms with Gasteiger partial charge in [0.1, 0.15) is 11.5 Å². The van der Waals surface area contributed by atoms with Crippen LogP contribution in [0, 0.1) is 20.8 Å². The van der Waals surface area contributed by atoms with E-state index in [-0.39, 0.29) is 11.5 Å². The van der Waals surface area contributed by atoms with Crippen molar-refractivity contribution in [1.29, 1.82) is 0 Å². The summed E-state index contributed by atoms with van der Waals surface area (Å²) in [6.07, 6.45) is 0.562. The van der Waals surface area contributed by atoms with E-state index >= 15 is 0 Å². The molecule has 1 N–H and O–H groups in total. The van der Waals surface area contributed by atoms with Gasteiger partial charge in [-0.1, -0.05) is 0 Å². The summed E-state index contributed by atoms with van der Waals surface area (Å²) < 4.78 is 6.95. The van der Waals surface area contributed by atoms with Crippen LogP contribution in [-0.4, -0.2) is 21.8 Å². The molecule has 0 aliphatic rings. The molecule has 3 heterocycles. The van der Waals surface area contributed by atoms with Gasteiger partial charge >= 0.3 is 0 Å². The van der Waals surface area contributed by atoms with Crippen molar-refractivity contribution in [2.24, 2.45) is 0 Å². The number of thiazole rings is 1. The zero-order valence-electron chi connectivity index (χ0n) is 13.2. The van der Waals surface area contributed by atoms with Crippen LogP contribution < -0.4 is 10.9 Å². The molecule has 3 aromatic rings. The molecule has 0 bridgehead atoms. The lowest BCUT2D eigenvalue weighted by atomic mass is 10.2. The summed E-state index contributed by atoms with van der Waals surface area (Å²) in [6.45, 7) is 5.81. The third kappa shape index (κ3) is 3.05. The van der Waals surface area contributed by atoms with Gasteiger partial charge in [-0.2, -0.15) is 0 Å². The Balaban J connectivity index is 1.71. The van der Waals surface area contributed by atoms with Gasteiger partial charge in [0.15, 0.2) is 4.96 Å². The van der Waals surface area contributed by atoms with Crippen molar-refractivity contribution in [1.82, 2.24) is 14.7 Å². The number of fused-ring (bicyclic) bond motifs is 1. The van der Waals surface area contributed by atoms with Crippen LogP contribution in [0.3, 0.4) is 0 Å². The van der Waals surface area contributed by atoms with Gasteiger partial charge in [0.25, 0.3) is 11.5 Å². The minimum atomic E-state index is -0.166. The monoisotopic (exact) mass is 331 g/mol. The van der Waals surface area contributed by atoms with E-state index in [1.54, 1.807) is 24.3 Å². The Bertz CT molecular complexity index is 936. The van der Waals surface area contributed by atoms with E-state index in [0.29, 0.717) is 40.7 Å². The Morgan fingerprint density at radius 3 is 2.83 bits per heavy atom. The maximum atomic E-state index is 12.1. The fourth-order valence-electron chi connectivity index (χ4n) is 2.51. The van der Waals surface area contributed by atoms with Crippen LogP contribution in [-0.2, 0) is 6.42 Å². The number of carbonyl (C=O) groups excluding carboxylic acids is 1. The first-order valence-electron chi connectivity index (χ1n) is 7.27. The molecule has 0 fully saturated rings. The van der Waals surface area contributed by atoms with E-state index in [9.17, 15) is 9.59 Å². The number of nitrogens with one attached hydrogen (secondary N) is 1. The summed E-state index contributed by atoms with van der Waals surface area (Å²) in [7, 11) is 0. The molecular weight excluding hydrogens is 314 g/mol. The third-order valence-corrected chi connectivity index (χ3v) is 4.43. The number of hydrogen-bond acceptors (Lipinski definition) is 5. The Labute approximate surface area is 136 Å². The smallest absolute Gasteiger partial charge is 0.258 e. The van der Waals surface area contributed by atoms with E-state index in [4.69, 9.17) is 4.42 Å². The predicted octanol–water partition coefficient (Wildman–Crippen LogP) is 2.25. The number of rotatable bonds is 4. The lowest BCUT2D eigenvalue weighted by Gasteiger charge is -2.04. The molecular formula is C16H17N3O3S. The first-order valence-corrected chi connectivity index (χ1v) is 8.15. The predicted molar refractivity (Wildman–Crippen MR) is 88.3 cm³/mol. The minimum Gasteiger partial charge on any atom is -0.466 e. The molecule has 23 heavy (non-hydrogen) atoms. The molecule has 0 unspecified atom stereocenters. The zero-order valence-corrected chi connectivity index (χ0v) is 14.0. The Morgan fingerprint density at radius 1 is 1.35 bits per heavy atom. The van der Waals surface area contributed by atoms with Crippen LogP contribution in [0.15, 0.2) is 26.7 Å². The molecule has 0 aliphatic carbocycles. The zero-order chi connectivity index (χ0) is 16.6. The number of hydrogen-bond donors (Lipinski definition) is 1. The maximum absolute atomic E-state index is 12.1. The normalized spacial score (nSPS) is 11.1. The van der Waals surface area contributed by atoms with Gasteiger partial charge < -0.3 is 9.73 Å². The van der Waals surface area contributed by atoms with E-state index in [1.807, 2.05) is 12.3 Å². The highest BCUT2D eigenvalue weighted by molar-refractivity contribution is 7.15. The SMILES string of the molecule is Cc1cc(=O)n2c(CCNC(=O)c3cc(C)oc3C)csc2n1. The van der Waals surface area contributed by atoms with Gasteiger partial charge in [-0.25, -0.2) is 4.98 Å². The van der Waals surface area contributed by atoms with Gasteiger partial charge in [-0.3, -0.25) is 14.0 Å². The lowest BCUT2D eigenvalue weighted by Crippen LogP contribution is -2.27. The van der Waals surface area contributed by atoms with Crippen LogP contribution >= 0.6 is 11.3 Å². The second kappa shape index (κ2) is 6.00. The standard InChI is InChI=1S/C16H17N3O3S/c1-9-6-14(20)19-12(8-23-16(19)18-9)4-5-17-15(21)13-7-10(2)22-11(13)3/h6-8H,4-5H2,1-3H3,(H,17,21). The molecule has 3 aromatic heterocycles. The van der Waals surface area contributed by atoms with Crippen LogP contribution in [0.5, 0.6) is 0 Å². The van der Waals surface area contributed by atoms with Crippen LogP contribution in [0.4, 0.5) is 0 Å². The topological polar surface area (TPSA) is 76.6 Å². The third-order valence-electron chi connectivity index (χ3n) is 3.56. The van der Waals surface area contributed by atoms with Crippen molar-refractivity contribution in [2.45, 2.75) is 27.2 Å². The Hall–Kier alpha value is -2.41. The van der Waals surface area contributed by atoms with Gasteiger partial charge in [0.05, 0.1) is 5.56 Å². The molecule has 0 atom stereocenters. The van der Waals surface area contributed by atoms with Crippen molar-refractivity contribution in [3.63, 3.8) is 0 Å². The van der Waals surface area contributed by atoms with E-state index < -0.39 is 0 Å².